The number of halogens is 2. The molecule has 0 aliphatic carbocycles. The Hall–Kier alpha value is -1.00. The Morgan fingerprint density at radius 3 is 2.74 bits per heavy atom. The second kappa shape index (κ2) is 6.96. The van der Waals surface area contributed by atoms with E-state index < -0.39 is 0 Å². The van der Waals surface area contributed by atoms with Gasteiger partial charge in [0.15, 0.2) is 0 Å². The fourth-order valence-corrected chi connectivity index (χ4v) is 2.64. The second-order valence-corrected chi connectivity index (χ2v) is 5.44. The predicted octanol–water partition coefficient (Wildman–Crippen LogP) is 2.44. The number of nitrogens with zero attached hydrogens (tertiary/aromatic N) is 1. The third kappa shape index (κ3) is 4.55. The van der Waals surface area contributed by atoms with Crippen molar-refractivity contribution in [1.82, 2.24) is 10.2 Å². The lowest BCUT2D eigenvalue weighted by Crippen LogP contribution is -2.35. The minimum absolute atomic E-state index is 0.309. The molecule has 2 nitrogen and oxygen atoms in total. The monoisotopic (exact) mass is 268 g/mol. The number of rotatable bonds is 5. The van der Waals surface area contributed by atoms with Crippen LogP contribution in [0, 0.1) is 17.6 Å². The summed E-state index contributed by atoms with van der Waals surface area (Å²) in [5.74, 6) is 0.0534. The summed E-state index contributed by atoms with van der Waals surface area (Å²) in [6.07, 6.45) is 2.97. The van der Waals surface area contributed by atoms with Crippen molar-refractivity contribution in [3.05, 3.63) is 35.4 Å². The Kier molecular flexibility index (Phi) is 5.28. The van der Waals surface area contributed by atoms with Crippen LogP contribution in [0.1, 0.15) is 18.4 Å². The van der Waals surface area contributed by atoms with Gasteiger partial charge in [0.05, 0.1) is 0 Å². The fraction of sp³-hybridized carbons (Fsp3) is 0.600. The average Bonchev–Trinajstić information content (AvgIpc) is 2.41. The maximum atomic E-state index is 13.5. The van der Waals surface area contributed by atoms with Gasteiger partial charge in [-0.1, -0.05) is 0 Å². The molecule has 0 atom stereocenters. The summed E-state index contributed by atoms with van der Waals surface area (Å²) in [7, 11) is 2.05. The van der Waals surface area contributed by atoms with Crippen molar-refractivity contribution >= 4 is 0 Å². The molecule has 106 valence electrons. The van der Waals surface area contributed by atoms with Crippen molar-refractivity contribution in [2.24, 2.45) is 5.92 Å². The number of benzene rings is 1. The highest BCUT2D eigenvalue weighted by molar-refractivity contribution is 5.18. The van der Waals surface area contributed by atoms with Crippen LogP contribution in [-0.4, -0.2) is 38.1 Å². The van der Waals surface area contributed by atoms with Crippen LogP contribution in [-0.2, 0) is 6.42 Å². The molecule has 1 aliphatic heterocycles. The highest BCUT2D eigenvalue weighted by Crippen LogP contribution is 2.14. The van der Waals surface area contributed by atoms with Gasteiger partial charge in [-0.2, -0.15) is 0 Å². The molecule has 1 heterocycles. The summed E-state index contributed by atoms with van der Waals surface area (Å²) in [6.45, 7) is 4.00. The Labute approximate surface area is 113 Å². The Morgan fingerprint density at radius 2 is 2.00 bits per heavy atom. The summed E-state index contributed by atoms with van der Waals surface area (Å²) < 4.78 is 26.5. The first-order valence-electron chi connectivity index (χ1n) is 6.98. The van der Waals surface area contributed by atoms with Crippen LogP contribution in [0.15, 0.2) is 18.2 Å². The van der Waals surface area contributed by atoms with E-state index in [0.29, 0.717) is 12.0 Å². The van der Waals surface area contributed by atoms with Gasteiger partial charge in [0.25, 0.3) is 0 Å². The topological polar surface area (TPSA) is 15.3 Å². The average molecular weight is 268 g/mol. The lowest BCUT2D eigenvalue weighted by atomic mass is 9.97. The molecule has 1 saturated heterocycles. The lowest BCUT2D eigenvalue weighted by Gasteiger charge is -2.27. The molecule has 0 spiro atoms. The number of nitrogens with one attached hydrogen (secondary N) is 1. The highest BCUT2D eigenvalue weighted by Gasteiger charge is 2.15. The quantitative estimate of drug-likeness (QED) is 0.882. The summed E-state index contributed by atoms with van der Waals surface area (Å²) >= 11 is 0. The first-order valence-corrected chi connectivity index (χ1v) is 6.98. The molecule has 0 amide bonds. The molecular formula is C15H22F2N2. The molecule has 2 rings (SSSR count). The van der Waals surface area contributed by atoms with E-state index in [-0.39, 0.29) is 11.6 Å². The maximum Gasteiger partial charge on any atom is 0.126 e. The molecule has 1 fully saturated rings. The van der Waals surface area contributed by atoms with Crippen LogP contribution in [0.3, 0.4) is 0 Å². The third-order valence-electron chi connectivity index (χ3n) is 3.80. The zero-order chi connectivity index (χ0) is 13.7. The van der Waals surface area contributed by atoms with Crippen LogP contribution in [0.5, 0.6) is 0 Å². The normalized spacial score (nSPS) is 17.1. The Morgan fingerprint density at radius 1 is 1.26 bits per heavy atom. The summed E-state index contributed by atoms with van der Waals surface area (Å²) in [5.41, 5.74) is 0.470. The molecule has 1 aliphatic rings. The standard InChI is InChI=1S/C15H22F2N2/c1-19(11-12-4-7-18-8-5-12)9-6-13-10-14(16)2-3-15(13)17/h2-3,10,12,18H,4-9,11H2,1H3. The zero-order valence-electron chi connectivity index (χ0n) is 11.5. The molecule has 0 bridgehead atoms. The van der Waals surface area contributed by atoms with E-state index in [9.17, 15) is 8.78 Å². The van der Waals surface area contributed by atoms with Crippen LogP contribution >= 0.6 is 0 Å². The van der Waals surface area contributed by atoms with Gasteiger partial charge in [0.1, 0.15) is 11.6 Å². The predicted molar refractivity (Wildman–Crippen MR) is 73.2 cm³/mol. The number of piperidine rings is 1. The Bertz CT molecular complexity index is 403. The molecule has 1 aromatic rings. The molecular weight excluding hydrogens is 246 g/mol. The summed E-state index contributed by atoms with van der Waals surface area (Å²) in [5, 5.41) is 3.35. The van der Waals surface area contributed by atoms with Crippen LogP contribution < -0.4 is 5.32 Å². The van der Waals surface area contributed by atoms with E-state index in [1.807, 2.05) is 0 Å². The third-order valence-corrected chi connectivity index (χ3v) is 3.80. The number of hydrogen-bond acceptors (Lipinski definition) is 2. The first-order chi connectivity index (χ1) is 9.15. The van der Waals surface area contributed by atoms with E-state index in [4.69, 9.17) is 0 Å². The van der Waals surface area contributed by atoms with Gasteiger partial charge in [0.2, 0.25) is 0 Å². The molecule has 4 heteroatoms. The minimum Gasteiger partial charge on any atom is -0.317 e. The van der Waals surface area contributed by atoms with Crippen LogP contribution in [0.2, 0.25) is 0 Å². The molecule has 19 heavy (non-hydrogen) atoms. The van der Waals surface area contributed by atoms with Crippen molar-refractivity contribution < 1.29 is 8.78 Å². The van der Waals surface area contributed by atoms with Crippen molar-refractivity contribution in [2.75, 3.05) is 33.2 Å². The molecule has 1 N–H and O–H groups in total. The lowest BCUT2D eigenvalue weighted by molar-refractivity contribution is 0.241. The van der Waals surface area contributed by atoms with E-state index in [2.05, 4.69) is 17.3 Å². The van der Waals surface area contributed by atoms with Gasteiger partial charge in [-0.15, -0.1) is 0 Å². The Balaban J connectivity index is 1.79. The van der Waals surface area contributed by atoms with E-state index in [1.54, 1.807) is 0 Å². The largest absolute Gasteiger partial charge is 0.317 e. The fourth-order valence-electron chi connectivity index (χ4n) is 2.64. The SMILES string of the molecule is CN(CCc1cc(F)ccc1F)CC1CCNCC1. The van der Waals surface area contributed by atoms with Gasteiger partial charge >= 0.3 is 0 Å². The number of likely N-dealkylation sites (N-methyl/N-ethyl adjacent to an activating group) is 1. The van der Waals surface area contributed by atoms with Gasteiger partial charge in [-0.25, -0.2) is 8.78 Å². The van der Waals surface area contributed by atoms with Crippen LogP contribution in [0.25, 0.3) is 0 Å². The summed E-state index contributed by atoms with van der Waals surface area (Å²) in [4.78, 5) is 2.22. The molecule has 1 aromatic carbocycles. The molecule has 0 radical (unpaired) electrons. The molecule has 0 saturated carbocycles. The molecule has 0 unspecified atom stereocenters. The van der Waals surface area contributed by atoms with Crippen molar-refractivity contribution in [2.45, 2.75) is 19.3 Å². The van der Waals surface area contributed by atoms with Crippen molar-refractivity contribution in [3.63, 3.8) is 0 Å². The van der Waals surface area contributed by atoms with Gasteiger partial charge in [-0.3, -0.25) is 0 Å². The van der Waals surface area contributed by atoms with Gasteiger partial charge in [-0.05, 0) is 69.1 Å². The van der Waals surface area contributed by atoms with Crippen LogP contribution in [0.4, 0.5) is 8.78 Å². The number of hydrogen-bond donors (Lipinski definition) is 1. The smallest absolute Gasteiger partial charge is 0.126 e. The van der Waals surface area contributed by atoms with E-state index in [0.717, 1.165) is 38.2 Å². The first kappa shape index (κ1) is 14.4. The summed E-state index contributed by atoms with van der Waals surface area (Å²) in [6, 6.07) is 3.67. The minimum atomic E-state index is -0.364. The second-order valence-electron chi connectivity index (χ2n) is 5.44. The van der Waals surface area contributed by atoms with Crippen molar-refractivity contribution in [3.8, 4) is 0 Å². The maximum absolute atomic E-state index is 13.5. The molecule has 0 aromatic heterocycles. The van der Waals surface area contributed by atoms with Gasteiger partial charge < -0.3 is 10.2 Å². The van der Waals surface area contributed by atoms with Crippen molar-refractivity contribution in [1.29, 1.82) is 0 Å². The van der Waals surface area contributed by atoms with E-state index >= 15 is 0 Å². The zero-order valence-corrected chi connectivity index (χ0v) is 11.5. The van der Waals surface area contributed by atoms with Gasteiger partial charge in [0, 0.05) is 13.1 Å². The highest BCUT2D eigenvalue weighted by atomic mass is 19.1. The van der Waals surface area contributed by atoms with E-state index in [1.165, 1.54) is 25.0 Å².